The fourth-order valence-corrected chi connectivity index (χ4v) is 1.21. The number of urea groups is 1. The SMILES string of the molecule is C.C.C.NC(=O)NCC(N)C(=O)O.NC(N)=NCC(N)C(=O)O.Nc1ccc(C(=O)O)cc1. The van der Waals surface area contributed by atoms with Crippen molar-refractivity contribution in [2.24, 2.45) is 33.7 Å². The van der Waals surface area contributed by atoms with Crippen LogP contribution in [0, 0.1) is 0 Å². The third-order valence-electron chi connectivity index (χ3n) is 2.76. The highest BCUT2D eigenvalue weighted by Crippen LogP contribution is 2.04. The van der Waals surface area contributed by atoms with Crippen molar-refractivity contribution in [2.75, 3.05) is 18.8 Å². The number of aliphatic imine (C=N–C) groups is 1. The van der Waals surface area contributed by atoms with E-state index in [1.54, 1.807) is 12.1 Å². The highest BCUT2D eigenvalue weighted by Gasteiger charge is 2.10. The van der Waals surface area contributed by atoms with Gasteiger partial charge in [-0.05, 0) is 24.3 Å². The van der Waals surface area contributed by atoms with Crippen LogP contribution in [0.25, 0.3) is 0 Å². The molecule has 0 saturated heterocycles. The summed E-state index contributed by atoms with van der Waals surface area (Å²) in [7, 11) is 0. The Bertz CT molecular complexity index is 738. The summed E-state index contributed by atoms with van der Waals surface area (Å²) >= 11 is 0. The van der Waals surface area contributed by atoms with E-state index in [0.717, 1.165) is 0 Å². The zero-order chi connectivity index (χ0) is 23.9. The summed E-state index contributed by atoms with van der Waals surface area (Å²) in [4.78, 5) is 43.7. The van der Waals surface area contributed by atoms with Crippen LogP contribution in [0.5, 0.6) is 0 Å². The number of hydrogen-bond donors (Lipinski definition) is 10. The van der Waals surface area contributed by atoms with Crippen molar-refractivity contribution in [3.8, 4) is 0 Å². The second kappa shape index (κ2) is 21.1. The minimum atomic E-state index is -1.17. The van der Waals surface area contributed by atoms with E-state index in [1.165, 1.54) is 12.1 Å². The van der Waals surface area contributed by atoms with Gasteiger partial charge in [0.1, 0.15) is 12.1 Å². The van der Waals surface area contributed by atoms with Crippen molar-refractivity contribution in [1.29, 1.82) is 0 Å². The number of nitrogens with two attached hydrogens (primary N) is 6. The van der Waals surface area contributed by atoms with Crippen LogP contribution in [0.4, 0.5) is 10.5 Å². The van der Waals surface area contributed by atoms with Crippen molar-refractivity contribution in [3.63, 3.8) is 0 Å². The van der Waals surface area contributed by atoms with Crippen molar-refractivity contribution in [1.82, 2.24) is 5.32 Å². The van der Waals surface area contributed by atoms with E-state index in [0.29, 0.717) is 5.69 Å². The fraction of sp³-hybridized carbons (Fsp3) is 0.389. The quantitative estimate of drug-likeness (QED) is 0.123. The van der Waals surface area contributed by atoms with Crippen LogP contribution >= 0.6 is 0 Å². The molecule has 1 aromatic carbocycles. The highest BCUT2D eigenvalue weighted by atomic mass is 16.4. The number of benzene rings is 1. The number of rotatable bonds is 7. The van der Waals surface area contributed by atoms with Gasteiger partial charge in [-0.3, -0.25) is 14.6 Å². The predicted octanol–water partition coefficient (Wildman–Crippen LogP) is -1.39. The first-order chi connectivity index (χ1) is 13.8. The number of aliphatic carboxylic acids is 2. The Hall–Kier alpha value is -4.11. The second-order valence-electron chi connectivity index (χ2n) is 5.33. The van der Waals surface area contributed by atoms with E-state index in [-0.39, 0.29) is 46.9 Å². The first kappa shape index (κ1) is 39.4. The van der Waals surface area contributed by atoms with Gasteiger partial charge in [0.2, 0.25) is 0 Å². The molecule has 33 heavy (non-hydrogen) atoms. The molecular formula is C18H38N8O7. The average Bonchev–Trinajstić information content (AvgIpc) is 2.65. The van der Waals surface area contributed by atoms with Gasteiger partial charge in [0.25, 0.3) is 0 Å². The lowest BCUT2D eigenvalue weighted by Crippen LogP contribution is -2.44. The van der Waals surface area contributed by atoms with Gasteiger partial charge < -0.3 is 55.0 Å². The molecule has 0 radical (unpaired) electrons. The van der Waals surface area contributed by atoms with E-state index in [1.807, 2.05) is 0 Å². The zero-order valence-electron chi connectivity index (χ0n) is 15.8. The van der Waals surface area contributed by atoms with Gasteiger partial charge in [0, 0.05) is 12.2 Å². The molecule has 15 nitrogen and oxygen atoms in total. The standard InChI is InChI=1S/C7H7NO2.C4H10N4O2.C4H9N3O3.3CH4/c8-6-3-1-5(2-4-6)7(9)10;5-2(3(9)10)1-8-4(6)7;5-2(3(8)9)1-7-4(6)10;;;/h1-4H,8H2,(H,9,10);2H,1,5H2,(H,9,10)(H4,6,7,8);2H,1,5H2,(H,8,9)(H3,6,7,10);3*1H4. The van der Waals surface area contributed by atoms with E-state index in [9.17, 15) is 19.2 Å². The Morgan fingerprint density at radius 3 is 1.58 bits per heavy atom. The van der Waals surface area contributed by atoms with Gasteiger partial charge >= 0.3 is 23.9 Å². The van der Waals surface area contributed by atoms with Crippen LogP contribution in [-0.4, -0.2) is 70.4 Å². The molecule has 0 aliphatic carbocycles. The number of carbonyl (C=O) groups excluding carboxylic acids is 1. The van der Waals surface area contributed by atoms with Crippen molar-refractivity contribution in [3.05, 3.63) is 29.8 Å². The average molecular weight is 479 g/mol. The number of nitrogens with zero attached hydrogens (tertiary/aromatic N) is 1. The lowest BCUT2D eigenvalue weighted by molar-refractivity contribution is -0.139. The molecule has 0 heterocycles. The Kier molecular flexibility index (Phi) is 25.2. The summed E-state index contributed by atoms with van der Waals surface area (Å²) in [5.41, 5.74) is 30.7. The molecule has 16 N–H and O–H groups in total. The number of carboxylic acid groups (broad SMARTS) is 3. The largest absolute Gasteiger partial charge is 0.480 e. The molecule has 15 heteroatoms. The Morgan fingerprint density at radius 1 is 0.848 bits per heavy atom. The molecule has 2 atom stereocenters. The summed E-state index contributed by atoms with van der Waals surface area (Å²) in [6.45, 7) is -0.234. The number of carboxylic acids is 3. The summed E-state index contributed by atoms with van der Waals surface area (Å²) in [6.07, 6.45) is 0. The van der Waals surface area contributed by atoms with Gasteiger partial charge in [0.05, 0.1) is 12.1 Å². The number of primary amides is 1. The van der Waals surface area contributed by atoms with Crippen LogP contribution in [0.15, 0.2) is 29.3 Å². The van der Waals surface area contributed by atoms with Gasteiger partial charge in [-0.2, -0.15) is 0 Å². The molecule has 0 bridgehead atoms. The van der Waals surface area contributed by atoms with Gasteiger partial charge in [0.15, 0.2) is 5.96 Å². The molecule has 1 rings (SSSR count). The third-order valence-corrected chi connectivity index (χ3v) is 2.76. The van der Waals surface area contributed by atoms with Crippen molar-refractivity contribution < 1.29 is 34.5 Å². The number of hydrogen-bond acceptors (Lipinski definition) is 8. The number of guanidine groups is 1. The molecule has 0 aromatic heterocycles. The topological polar surface area (TPSA) is 309 Å². The van der Waals surface area contributed by atoms with Gasteiger partial charge in [-0.15, -0.1) is 0 Å². The summed E-state index contributed by atoms with van der Waals surface area (Å²) in [5.74, 6) is -3.38. The molecule has 0 saturated carbocycles. The maximum atomic E-state index is 10.3. The number of amides is 2. The lowest BCUT2D eigenvalue weighted by Gasteiger charge is -2.04. The predicted molar refractivity (Wildman–Crippen MR) is 127 cm³/mol. The lowest BCUT2D eigenvalue weighted by atomic mass is 10.2. The molecule has 2 amide bonds. The molecule has 0 spiro atoms. The van der Waals surface area contributed by atoms with E-state index in [2.05, 4.69) is 16.0 Å². The summed E-state index contributed by atoms with van der Waals surface area (Å²) in [5, 5.41) is 26.9. The second-order valence-corrected chi connectivity index (χ2v) is 5.33. The number of nitrogen functional groups attached to an aromatic ring is 1. The zero-order valence-corrected chi connectivity index (χ0v) is 15.8. The van der Waals surface area contributed by atoms with E-state index >= 15 is 0 Å². The number of anilines is 1. The molecule has 0 aliphatic rings. The van der Waals surface area contributed by atoms with Gasteiger partial charge in [-0.25, -0.2) is 9.59 Å². The maximum absolute atomic E-state index is 10.3. The minimum absolute atomic E-state index is 0. The molecule has 192 valence electrons. The smallest absolute Gasteiger partial charge is 0.335 e. The van der Waals surface area contributed by atoms with Crippen molar-refractivity contribution >= 4 is 35.6 Å². The maximum Gasteiger partial charge on any atom is 0.335 e. The fourth-order valence-electron chi connectivity index (χ4n) is 1.21. The third kappa shape index (κ3) is 24.0. The molecule has 2 unspecified atom stereocenters. The number of carbonyl (C=O) groups is 4. The number of aromatic carboxylic acids is 1. The number of nitrogens with one attached hydrogen (secondary N) is 1. The monoisotopic (exact) mass is 478 g/mol. The Balaban J connectivity index is -0.000000114. The molecule has 0 fully saturated rings. The van der Waals surface area contributed by atoms with Crippen LogP contribution in [0.1, 0.15) is 32.6 Å². The minimum Gasteiger partial charge on any atom is -0.480 e. The Morgan fingerprint density at radius 2 is 1.27 bits per heavy atom. The van der Waals surface area contributed by atoms with Crippen LogP contribution in [0.3, 0.4) is 0 Å². The Labute approximate surface area is 192 Å². The normalized spacial score (nSPS) is 10.1. The molecular weight excluding hydrogens is 440 g/mol. The first-order valence-corrected chi connectivity index (χ1v) is 7.92. The molecule has 0 aliphatic heterocycles. The van der Waals surface area contributed by atoms with Crippen molar-refractivity contribution in [2.45, 2.75) is 34.4 Å². The van der Waals surface area contributed by atoms with Crippen LogP contribution < -0.4 is 39.7 Å². The summed E-state index contributed by atoms with van der Waals surface area (Å²) in [6, 6.07) is 3.16. The molecule has 1 aromatic rings. The van der Waals surface area contributed by atoms with Gasteiger partial charge in [-0.1, -0.05) is 22.3 Å². The van der Waals surface area contributed by atoms with Crippen LogP contribution in [0.2, 0.25) is 0 Å². The van der Waals surface area contributed by atoms with E-state index in [4.69, 9.17) is 44.0 Å². The first-order valence-electron chi connectivity index (χ1n) is 7.92. The highest BCUT2D eigenvalue weighted by molar-refractivity contribution is 5.87. The van der Waals surface area contributed by atoms with E-state index < -0.39 is 36.0 Å². The summed E-state index contributed by atoms with van der Waals surface area (Å²) < 4.78 is 0. The van der Waals surface area contributed by atoms with Crippen LogP contribution in [-0.2, 0) is 9.59 Å².